The van der Waals surface area contributed by atoms with Crippen LogP contribution in [0.4, 0.5) is 0 Å². The highest BCUT2D eigenvalue weighted by Crippen LogP contribution is 2.25. The van der Waals surface area contributed by atoms with Crippen LogP contribution in [0.3, 0.4) is 0 Å². The molecule has 3 rings (SSSR count). The predicted octanol–water partition coefficient (Wildman–Crippen LogP) is -0.523. The largest absolute Gasteiger partial charge is 0.480 e. The molecule has 0 aromatic heterocycles. The summed E-state index contributed by atoms with van der Waals surface area (Å²) in [5.41, 5.74) is 6.37. The van der Waals surface area contributed by atoms with E-state index >= 15 is 0 Å². The number of carboxylic acid groups (broad SMARTS) is 1. The minimum absolute atomic E-state index is 0.00104. The van der Waals surface area contributed by atoms with Gasteiger partial charge in [-0.25, -0.2) is 0 Å². The van der Waals surface area contributed by atoms with E-state index in [0.29, 0.717) is 58.7 Å². The van der Waals surface area contributed by atoms with E-state index in [-0.39, 0.29) is 95.2 Å². The number of rotatable bonds is 33. The Kier molecular flexibility index (Phi) is 28.0. The molecule has 1 fully saturated rings. The van der Waals surface area contributed by atoms with E-state index in [9.17, 15) is 38.4 Å². The quantitative estimate of drug-likeness (QED) is 0.0350. The summed E-state index contributed by atoms with van der Waals surface area (Å²) in [6.45, 7) is 2.00. The van der Waals surface area contributed by atoms with Crippen LogP contribution in [-0.4, -0.2) is 170 Å². The standard InChI is InChI=1S/C36H47N5O11S.C6H14O4/c37-35(49)28(40-30(43)19-25-9-5-8-24-7-1-2-11-27(24)25)12-3-4-14-38-31(44)22-52-18-17-51-16-6-10-26(42)13-15-41-33(46)20-29(36(41)50)53-23-32(45)39-21-34(47)48;7-1-3-9-5-6-10-4-2-8/h1-2,5,7-9,11,28-29H,3-4,6,10,12-23H2,(H2,37,49)(H,38,44)(H,39,45)(H,40,43)(H,47,48);7-8H,1-6H2. The third-order valence-corrected chi connectivity index (χ3v) is 10.2. The summed E-state index contributed by atoms with van der Waals surface area (Å²) in [6, 6.07) is 12.7. The fraction of sp³-hybridized carbons (Fsp3) is 0.571. The predicted molar refractivity (Wildman–Crippen MR) is 230 cm³/mol. The number of fused-ring (bicyclic) bond motifs is 1. The van der Waals surface area contributed by atoms with E-state index in [0.717, 1.165) is 33.0 Å². The Morgan fingerprint density at radius 3 is 2.13 bits per heavy atom. The number of likely N-dealkylation sites (tertiary alicyclic amines) is 1. The number of thioether (sulfide) groups is 1. The molecule has 2 aromatic rings. The van der Waals surface area contributed by atoms with Gasteiger partial charge in [0.15, 0.2) is 0 Å². The molecule has 0 radical (unpaired) electrons. The number of hydrogen-bond donors (Lipinski definition) is 7. The van der Waals surface area contributed by atoms with Gasteiger partial charge in [0.05, 0.1) is 70.3 Å². The van der Waals surface area contributed by atoms with Crippen molar-refractivity contribution in [1.82, 2.24) is 20.9 Å². The normalized spacial score (nSPS) is 13.9. The maximum atomic E-state index is 12.7. The first-order chi connectivity index (χ1) is 30.4. The van der Waals surface area contributed by atoms with Gasteiger partial charge in [0.1, 0.15) is 25.0 Å². The molecule has 21 heteroatoms. The van der Waals surface area contributed by atoms with Crippen molar-refractivity contribution in [3.63, 3.8) is 0 Å². The molecule has 1 saturated heterocycles. The number of ketones is 1. The first-order valence-corrected chi connectivity index (χ1v) is 21.7. The van der Waals surface area contributed by atoms with E-state index in [2.05, 4.69) is 16.0 Å². The summed E-state index contributed by atoms with van der Waals surface area (Å²) < 4.78 is 20.5. The zero-order valence-electron chi connectivity index (χ0n) is 35.4. The number of carboxylic acids is 1. The zero-order valence-corrected chi connectivity index (χ0v) is 36.2. The molecule has 0 aliphatic carbocycles. The average molecular weight is 908 g/mol. The minimum Gasteiger partial charge on any atom is -0.480 e. The lowest BCUT2D eigenvalue weighted by Crippen LogP contribution is -2.45. The number of hydrogen-bond acceptors (Lipinski definition) is 15. The van der Waals surface area contributed by atoms with E-state index in [1.165, 1.54) is 0 Å². The smallest absolute Gasteiger partial charge is 0.322 e. The number of aliphatic hydroxyl groups is 2. The SMILES string of the molecule is NC(=O)C(CCCCNC(=O)COCCOCCCC(=O)CCN1C(=O)CC(SCC(=O)NCC(=O)O)C1=O)NC(=O)Cc1cccc2ccccc12.OCCOCCOCCO. The second-order valence-electron chi connectivity index (χ2n) is 14.0. The van der Waals surface area contributed by atoms with Crippen molar-refractivity contribution in [3.05, 3.63) is 48.0 Å². The molecule has 63 heavy (non-hydrogen) atoms. The van der Waals surface area contributed by atoms with Crippen LogP contribution >= 0.6 is 11.8 Å². The molecule has 1 aliphatic heterocycles. The Labute approximate surface area is 370 Å². The molecule has 2 atom stereocenters. The summed E-state index contributed by atoms with van der Waals surface area (Å²) >= 11 is 0.954. The summed E-state index contributed by atoms with van der Waals surface area (Å²) in [7, 11) is 0. The molecule has 2 aromatic carbocycles. The highest BCUT2D eigenvalue weighted by Gasteiger charge is 2.39. The molecular formula is C42H61N5O15S. The number of nitrogens with two attached hydrogens (primary N) is 1. The van der Waals surface area contributed by atoms with E-state index in [4.69, 9.17) is 40.0 Å². The van der Waals surface area contributed by atoms with Crippen molar-refractivity contribution in [1.29, 1.82) is 0 Å². The van der Waals surface area contributed by atoms with Crippen molar-refractivity contribution in [2.45, 2.75) is 62.7 Å². The van der Waals surface area contributed by atoms with Gasteiger partial charge in [-0.15, -0.1) is 11.8 Å². The van der Waals surface area contributed by atoms with Gasteiger partial charge < -0.3 is 56.0 Å². The number of Topliss-reactive ketones (excluding diaryl/α,β-unsaturated/α-hetero) is 1. The van der Waals surface area contributed by atoms with E-state index in [1.807, 2.05) is 42.5 Å². The van der Waals surface area contributed by atoms with E-state index in [1.54, 1.807) is 0 Å². The summed E-state index contributed by atoms with van der Waals surface area (Å²) in [5.74, 6) is -4.18. The molecule has 20 nitrogen and oxygen atoms in total. The summed E-state index contributed by atoms with van der Waals surface area (Å²) in [5, 5.41) is 34.0. The molecule has 350 valence electrons. The topological polar surface area (TPSA) is 300 Å². The molecule has 1 heterocycles. The van der Waals surface area contributed by atoms with Gasteiger partial charge in [0.25, 0.3) is 0 Å². The fourth-order valence-electron chi connectivity index (χ4n) is 5.89. The van der Waals surface area contributed by atoms with E-state index < -0.39 is 47.4 Å². The van der Waals surface area contributed by atoms with Gasteiger partial charge in [0.2, 0.25) is 35.4 Å². The van der Waals surface area contributed by atoms with Gasteiger partial charge in [-0.05, 0) is 42.0 Å². The average Bonchev–Trinajstić information content (AvgIpc) is 3.53. The summed E-state index contributed by atoms with van der Waals surface area (Å²) in [4.78, 5) is 96.9. The first kappa shape index (κ1) is 54.1. The number of unbranched alkanes of at least 4 members (excludes halogenated alkanes) is 1. The highest BCUT2D eigenvalue weighted by molar-refractivity contribution is 8.01. The van der Waals surface area contributed by atoms with Crippen LogP contribution in [0.1, 0.15) is 50.5 Å². The monoisotopic (exact) mass is 907 g/mol. The van der Waals surface area contributed by atoms with Crippen molar-refractivity contribution in [2.75, 3.05) is 91.5 Å². The van der Waals surface area contributed by atoms with Crippen LogP contribution in [-0.2, 0) is 63.7 Å². The van der Waals surface area contributed by atoms with Crippen molar-refractivity contribution in [2.24, 2.45) is 5.73 Å². The second kappa shape index (κ2) is 32.6. The lowest BCUT2D eigenvalue weighted by molar-refractivity contribution is -0.139. The van der Waals surface area contributed by atoms with Crippen LogP contribution in [0.25, 0.3) is 10.8 Å². The molecule has 0 spiro atoms. The number of amides is 6. The number of aliphatic hydroxyl groups excluding tert-OH is 2. The Morgan fingerprint density at radius 1 is 0.778 bits per heavy atom. The number of benzene rings is 2. The third-order valence-electron chi connectivity index (χ3n) is 9.01. The van der Waals surface area contributed by atoms with Crippen molar-refractivity contribution in [3.8, 4) is 0 Å². The molecule has 8 N–H and O–H groups in total. The molecule has 1 aliphatic rings. The van der Waals surface area contributed by atoms with Gasteiger partial charge in [-0.2, -0.15) is 0 Å². The van der Waals surface area contributed by atoms with Gasteiger partial charge in [0, 0.05) is 39.0 Å². The van der Waals surface area contributed by atoms with Crippen LogP contribution in [0.15, 0.2) is 42.5 Å². The Hall–Kier alpha value is -5.03. The molecule has 6 amide bonds. The molecule has 0 bridgehead atoms. The number of carbonyl (C=O) groups excluding carboxylic acids is 7. The molecule has 2 unspecified atom stereocenters. The number of ether oxygens (including phenoxy) is 4. The van der Waals surface area contributed by atoms with Crippen LogP contribution in [0, 0.1) is 0 Å². The zero-order chi connectivity index (χ0) is 46.2. The number of primary amides is 1. The Balaban J connectivity index is 0.00000121. The van der Waals surface area contributed by atoms with Crippen molar-refractivity contribution >= 4 is 69.7 Å². The van der Waals surface area contributed by atoms with Crippen LogP contribution in [0.5, 0.6) is 0 Å². The number of nitrogens with zero attached hydrogens (tertiary/aromatic N) is 1. The fourth-order valence-corrected chi connectivity index (χ4v) is 6.88. The lowest BCUT2D eigenvalue weighted by Gasteiger charge is -2.16. The molecule has 0 saturated carbocycles. The van der Waals surface area contributed by atoms with Gasteiger partial charge >= 0.3 is 5.97 Å². The Bertz CT molecular complexity index is 1750. The number of carbonyl (C=O) groups is 8. The summed E-state index contributed by atoms with van der Waals surface area (Å²) in [6.07, 6.45) is 2.11. The third kappa shape index (κ3) is 23.8. The lowest BCUT2D eigenvalue weighted by atomic mass is 10.0. The first-order valence-electron chi connectivity index (χ1n) is 20.7. The minimum atomic E-state index is -1.19. The van der Waals surface area contributed by atoms with Gasteiger partial charge in [-0.3, -0.25) is 43.3 Å². The van der Waals surface area contributed by atoms with Crippen molar-refractivity contribution < 1.29 is 72.6 Å². The van der Waals surface area contributed by atoms with Crippen LogP contribution in [0.2, 0.25) is 0 Å². The number of nitrogens with one attached hydrogen (secondary N) is 3. The van der Waals surface area contributed by atoms with Crippen LogP contribution < -0.4 is 21.7 Å². The number of aliphatic carboxylic acids is 1. The molecular weight excluding hydrogens is 847 g/mol. The second-order valence-corrected chi connectivity index (χ2v) is 15.2. The number of imide groups is 1. The highest BCUT2D eigenvalue weighted by atomic mass is 32.2. The maximum Gasteiger partial charge on any atom is 0.322 e. The maximum absolute atomic E-state index is 12.7. The van der Waals surface area contributed by atoms with Gasteiger partial charge in [-0.1, -0.05) is 42.5 Å². The Morgan fingerprint density at radius 2 is 1.44 bits per heavy atom.